The number of benzene rings is 1. The van der Waals surface area contributed by atoms with Crippen LogP contribution in [0.4, 0.5) is 0 Å². The van der Waals surface area contributed by atoms with E-state index in [0.29, 0.717) is 0 Å². The molecule has 0 aliphatic heterocycles. The van der Waals surface area contributed by atoms with Crippen LogP contribution in [0.25, 0.3) is 0 Å². The molecule has 17 heavy (non-hydrogen) atoms. The number of hydrogen-bond acceptors (Lipinski definition) is 2. The molecule has 0 amide bonds. The van der Waals surface area contributed by atoms with Gasteiger partial charge in [0.15, 0.2) is 0 Å². The lowest BCUT2D eigenvalue weighted by Gasteiger charge is -2.24. The monoisotopic (exact) mass is 236 g/mol. The van der Waals surface area contributed by atoms with E-state index in [0.717, 1.165) is 16.7 Å². The average molecular weight is 236 g/mol. The van der Waals surface area contributed by atoms with E-state index in [2.05, 4.69) is 0 Å². The van der Waals surface area contributed by atoms with Crippen LogP contribution in [-0.2, 0) is 4.79 Å². The van der Waals surface area contributed by atoms with Gasteiger partial charge in [0.1, 0.15) is 0 Å². The summed E-state index contributed by atoms with van der Waals surface area (Å²) < 4.78 is 0. The van der Waals surface area contributed by atoms with Crippen molar-refractivity contribution < 1.29 is 15.0 Å². The summed E-state index contributed by atoms with van der Waals surface area (Å²) in [4.78, 5) is 11.0. The van der Waals surface area contributed by atoms with Gasteiger partial charge in [-0.1, -0.05) is 23.8 Å². The maximum atomic E-state index is 11.0. The van der Waals surface area contributed by atoms with E-state index in [9.17, 15) is 9.90 Å². The predicted octanol–water partition coefficient (Wildman–Crippen LogP) is 2.84. The SMILES string of the molecule is Cc1ccc(C(O)CC(C)(C)C(=O)O)c(C)c1. The first-order valence-electron chi connectivity index (χ1n) is 5.72. The second kappa shape index (κ2) is 4.88. The van der Waals surface area contributed by atoms with Gasteiger partial charge in [-0.25, -0.2) is 0 Å². The Labute approximate surface area is 102 Å². The smallest absolute Gasteiger partial charge is 0.309 e. The van der Waals surface area contributed by atoms with Gasteiger partial charge in [-0.05, 0) is 45.2 Å². The van der Waals surface area contributed by atoms with Crippen molar-refractivity contribution in [3.8, 4) is 0 Å². The van der Waals surface area contributed by atoms with Crippen LogP contribution in [0.15, 0.2) is 18.2 Å². The number of aliphatic hydroxyl groups is 1. The number of carboxylic acids is 1. The molecule has 1 unspecified atom stereocenters. The third kappa shape index (κ3) is 3.30. The van der Waals surface area contributed by atoms with E-state index in [1.807, 2.05) is 32.0 Å². The van der Waals surface area contributed by atoms with Gasteiger partial charge in [0.25, 0.3) is 0 Å². The Balaban J connectivity index is 2.90. The minimum absolute atomic E-state index is 0.215. The lowest BCUT2D eigenvalue weighted by Crippen LogP contribution is -2.26. The van der Waals surface area contributed by atoms with Crippen LogP contribution in [0, 0.1) is 19.3 Å². The zero-order valence-electron chi connectivity index (χ0n) is 10.8. The maximum Gasteiger partial charge on any atom is 0.309 e. The number of rotatable bonds is 4. The summed E-state index contributed by atoms with van der Waals surface area (Å²) in [6.07, 6.45) is -0.520. The topological polar surface area (TPSA) is 57.5 Å². The number of aliphatic carboxylic acids is 1. The van der Waals surface area contributed by atoms with Gasteiger partial charge in [-0.15, -0.1) is 0 Å². The van der Waals surface area contributed by atoms with Gasteiger partial charge >= 0.3 is 5.97 Å². The van der Waals surface area contributed by atoms with Crippen LogP contribution in [0.5, 0.6) is 0 Å². The quantitative estimate of drug-likeness (QED) is 0.845. The second-order valence-electron chi connectivity index (χ2n) is 5.27. The molecular weight excluding hydrogens is 216 g/mol. The molecule has 1 aromatic rings. The van der Waals surface area contributed by atoms with Crippen molar-refractivity contribution in [2.45, 2.75) is 40.2 Å². The predicted molar refractivity (Wildman–Crippen MR) is 66.9 cm³/mol. The highest BCUT2D eigenvalue weighted by molar-refractivity contribution is 5.73. The molecule has 3 nitrogen and oxygen atoms in total. The molecule has 1 atom stereocenters. The molecule has 0 heterocycles. The van der Waals surface area contributed by atoms with Crippen LogP contribution in [0.3, 0.4) is 0 Å². The van der Waals surface area contributed by atoms with Gasteiger partial charge in [0.05, 0.1) is 11.5 Å². The van der Waals surface area contributed by atoms with Gasteiger partial charge in [0.2, 0.25) is 0 Å². The van der Waals surface area contributed by atoms with Crippen molar-refractivity contribution in [2.24, 2.45) is 5.41 Å². The zero-order chi connectivity index (χ0) is 13.2. The average Bonchev–Trinajstić information content (AvgIpc) is 2.15. The molecule has 0 fully saturated rings. The van der Waals surface area contributed by atoms with Crippen molar-refractivity contribution in [3.63, 3.8) is 0 Å². The van der Waals surface area contributed by atoms with E-state index in [-0.39, 0.29) is 6.42 Å². The van der Waals surface area contributed by atoms with Crippen LogP contribution < -0.4 is 0 Å². The first-order valence-corrected chi connectivity index (χ1v) is 5.72. The lowest BCUT2D eigenvalue weighted by atomic mass is 9.84. The van der Waals surface area contributed by atoms with E-state index in [4.69, 9.17) is 5.11 Å². The number of carbonyl (C=O) groups is 1. The van der Waals surface area contributed by atoms with Crippen molar-refractivity contribution in [1.82, 2.24) is 0 Å². The van der Waals surface area contributed by atoms with Crippen LogP contribution in [0.2, 0.25) is 0 Å². The largest absolute Gasteiger partial charge is 0.481 e. The van der Waals surface area contributed by atoms with Gasteiger partial charge in [-0.3, -0.25) is 4.79 Å². The number of carboxylic acid groups (broad SMARTS) is 1. The summed E-state index contributed by atoms with van der Waals surface area (Å²) in [5.41, 5.74) is 2.02. The maximum absolute atomic E-state index is 11.0. The Kier molecular flexibility index (Phi) is 3.94. The molecule has 3 heteroatoms. The Morgan fingerprint density at radius 1 is 1.35 bits per heavy atom. The van der Waals surface area contributed by atoms with Gasteiger partial charge in [0, 0.05) is 0 Å². The van der Waals surface area contributed by atoms with E-state index >= 15 is 0 Å². The molecule has 0 aliphatic rings. The van der Waals surface area contributed by atoms with Crippen molar-refractivity contribution in [3.05, 3.63) is 34.9 Å². The normalized spacial score (nSPS) is 13.5. The first kappa shape index (κ1) is 13.7. The molecular formula is C14H20O3. The molecule has 2 N–H and O–H groups in total. The minimum Gasteiger partial charge on any atom is -0.481 e. The summed E-state index contributed by atoms with van der Waals surface area (Å²) in [6.45, 7) is 7.17. The van der Waals surface area contributed by atoms with Crippen LogP contribution in [-0.4, -0.2) is 16.2 Å². The summed E-state index contributed by atoms with van der Waals surface area (Å²) in [6, 6.07) is 5.79. The molecule has 0 spiro atoms. The molecule has 0 aliphatic carbocycles. The third-order valence-electron chi connectivity index (χ3n) is 3.07. The molecule has 0 aromatic heterocycles. The second-order valence-corrected chi connectivity index (χ2v) is 5.27. The first-order chi connectivity index (χ1) is 7.74. The fourth-order valence-electron chi connectivity index (χ4n) is 1.88. The molecule has 1 rings (SSSR count). The summed E-state index contributed by atoms with van der Waals surface area (Å²) in [5, 5.41) is 19.2. The van der Waals surface area contributed by atoms with Crippen molar-refractivity contribution in [2.75, 3.05) is 0 Å². The Hall–Kier alpha value is -1.35. The number of hydrogen-bond donors (Lipinski definition) is 2. The lowest BCUT2D eigenvalue weighted by molar-refractivity contribution is -0.148. The Bertz CT molecular complexity index is 421. The fraction of sp³-hybridized carbons (Fsp3) is 0.500. The van der Waals surface area contributed by atoms with Crippen molar-refractivity contribution in [1.29, 1.82) is 0 Å². The highest BCUT2D eigenvalue weighted by Gasteiger charge is 2.30. The molecule has 1 aromatic carbocycles. The Morgan fingerprint density at radius 3 is 2.41 bits per heavy atom. The molecule has 0 saturated carbocycles. The van der Waals surface area contributed by atoms with E-state index in [1.165, 1.54) is 0 Å². The third-order valence-corrected chi connectivity index (χ3v) is 3.07. The van der Waals surface area contributed by atoms with Crippen LogP contribution >= 0.6 is 0 Å². The summed E-state index contributed by atoms with van der Waals surface area (Å²) in [7, 11) is 0. The van der Waals surface area contributed by atoms with E-state index in [1.54, 1.807) is 13.8 Å². The zero-order valence-corrected chi connectivity index (χ0v) is 10.8. The van der Waals surface area contributed by atoms with Gasteiger partial charge in [-0.2, -0.15) is 0 Å². The highest BCUT2D eigenvalue weighted by atomic mass is 16.4. The molecule has 0 bridgehead atoms. The summed E-state index contributed by atoms with van der Waals surface area (Å²) >= 11 is 0. The van der Waals surface area contributed by atoms with Crippen molar-refractivity contribution >= 4 is 5.97 Å². The van der Waals surface area contributed by atoms with E-state index < -0.39 is 17.5 Å². The molecule has 0 radical (unpaired) electrons. The Morgan fingerprint density at radius 2 is 1.94 bits per heavy atom. The highest BCUT2D eigenvalue weighted by Crippen LogP contribution is 2.31. The minimum atomic E-state index is -0.920. The fourth-order valence-corrected chi connectivity index (χ4v) is 1.88. The number of aryl methyl sites for hydroxylation is 2. The molecule has 94 valence electrons. The molecule has 0 saturated heterocycles. The van der Waals surface area contributed by atoms with Crippen LogP contribution in [0.1, 0.15) is 43.1 Å². The number of aliphatic hydroxyl groups excluding tert-OH is 1. The summed E-state index contributed by atoms with van der Waals surface area (Å²) in [5.74, 6) is -0.888. The standard InChI is InChI=1S/C14H20O3/c1-9-5-6-11(10(2)7-9)12(15)8-14(3,4)13(16)17/h5-7,12,15H,8H2,1-4H3,(H,16,17). The van der Waals surface area contributed by atoms with Gasteiger partial charge < -0.3 is 10.2 Å².